The van der Waals surface area contributed by atoms with Gasteiger partial charge in [0.05, 0.1) is 12.2 Å². The first kappa shape index (κ1) is 15.8. The molecule has 2 aromatic rings. The highest BCUT2D eigenvalue weighted by molar-refractivity contribution is 5.22. The van der Waals surface area contributed by atoms with Gasteiger partial charge in [-0.2, -0.15) is 13.2 Å². The summed E-state index contributed by atoms with van der Waals surface area (Å²) in [4.78, 5) is 8.63. The third kappa shape index (κ3) is 3.96. The summed E-state index contributed by atoms with van der Waals surface area (Å²) in [6.45, 7) is 0.275. The van der Waals surface area contributed by atoms with E-state index in [1.807, 2.05) is 0 Å². The van der Waals surface area contributed by atoms with Crippen molar-refractivity contribution in [2.75, 3.05) is 13.2 Å². The number of alkyl halides is 3. The number of rotatable bonds is 6. The fourth-order valence-corrected chi connectivity index (χ4v) is 1.56. The summed E-state index contributed by atoms with van der Waals surface area (Å²) in [5.41, 5.74) is -0.846. The van der Waals surface area contributed by atoms with Gasteiger partial charge in [-0.1, -0.05) is 0 Å². The quantitative estimate of drug-likeness (QED) is 0.799. The Kier molecular flexibility index (Phi) is 4.64. The topological polar surface area (TPSA) is 76.7 Å². The van der Waals surface area contributed by atoms with Crippen LogP contribution >= 0.6 is 0 Å². The van der Waals surface area contributed by atoms with Crippen molar-refractivity contribution in [2.45, 2.75) is 12.6 Å². The van der Waals surface area contributed by atoms with E-state index in [0.29, 0.717) is 12.6 Å². The van der Waals surface area contributed by atoms with E-state index < -0.39 is 11.7 Å². The van der Waals surface area contributed by atoms with E-state index in [1.165, 1.54) is 12.1 Å². The summed E-state index contributed by atoms with van der Waals surface area (Å²) >= 11 is 0. The fraction of sp³-hybridized carbons (Fsp3) is 0.308. The van der Waals surface area contributed by atoms with Crippen molar-refractivity contribution in [3.8, 4) is 17.6 Å². The molecule has 0 atom stereocenters. The zero-order valence-electron chi connectivity index (χ0n) is 11.2. The highest BCUT2D eigenvalue weighted by Gasteiger charge is 2.30. The van der Waals surface area contributed by atoms with Crippen LogP contribution < -0.4 is 9.57 Å². The molecule has 0 radical (unpaired) electrons. The molecule has 0 bridgehead atoms. The molecule has 120 valence electrons. The monoisotopic (exact) mass is 318 g/mol. The first-order valence-electron chi connectivity index (χ1n) is 6.27. The first-order valence-corrected chi connectivity index (χ1v) is 6.27. The predicted octanol–water partition coefficient (Wildman–Crippen LogP) is 2.21. The molecule has 0 saturated heterocycles. The van der Waals surface area contributed by atoms with Crippen LogP contribution in [0.4, 0.5) is 13.2 Å². The minimum atomic E-state index is -4.43. The van der Waals surface area contributed by atoms with Crippen molar-refractivity contribution < 1.29 is 33.0 Å². The van der Waals surface area contributed by atoms with Gasteiger partial charge in [0.2, 0.25) is 17.6 Å². The van der Waals surface area contributed by atoms with Crippen LogP contribution in [-0.4, -0.2) is 33.1 Å². The minimum absolute atomic E-state index is 0.0691. The molecule has 2 rings (SSSR count). The molecule has 0 fully saturated rings. The highest BCUT2D eigenvalue weighted by Crippen LogP contribution is 2.29. The fourth-order valence-electron chi connectivity index (χ4n) is 1.56. The Morgan fingerprint density at radius 2 is 1.73 bits per heavy atom. The van der Waals surface area contributed by atoms with Crippen LogP contribution in [0, 0.1) is 0 Å². The van der Waals surface area contributed by atoms with Crippen LogP contribution in [0.1, 0.15) is 12.0 Å². The smallest absolute Gasteiger partial charge is 0.417 e. The molecule has 0 aliphatic heterocycles. The molecule has 0 aliphatic rings. The molecule has 0 saturated carbocycles. The molecular formula is C13H13F3N2O4. The zero-order chi connectivity index (χ0) is 16.2. The summed E-state index contributed by atoms with van der Waals surface area (Å²) in [6, 6.07) is 4.54. The molecule has 2 aromatic heterocycles. The van der Waals surface area contributed by atoms with E-state index in [2.05, 4.69) is 4.98 Å². The normalized spacial score (nSPS) is 11.4. The zero-order valence-corrected chi connectivity index (χ0v) is 11.2. The maximum Gasteiger partial charge on any atom is 0.417 e. The van der Waals surface area contributed by atoms with Crippen molar-refractivity contribution in [1.82, 2.24) is 9.71 Å². The van der Waals surface area contributed by atoms with E-state index >= 15 is 0 Å². The molecule has 2 heterocycles. The summed E-state index contributed by atoms with van der Waals surface area (Å²) in [5.74, 6) is -0.426. The van der Waals surface area contributed by atoms with Crippen molar-refractivity contribution in [2.24, 2.45) is 0 Å². The number of aromatic hydroxyl groups is 2. The number of nitrogens with zero attached hydrogens (tertiary/aromatic N) is 2. The second-order valence-electron chi connectivity index (χ2n) is 4.26. The number of hydrogen-bond donors (Lipinski definition) is 2. The lowest BCUT2D eigenvalue weighted by Gasteiger charge is -2.10. The largest absolute Gasteiger partial charge is 0.492 e. The molecule has 6 nitrogen and oxygen atoms in total. The van der Waals surface area contributed by atoms with Crippen molar-refractivity contribution in [1.29, 1.82) is 0 Å². The number of aromatic nitrogens is 2. The van der Waals surface area contributed by atoms with Gasteiger partial charge in [0.1, 0.15) is 6.61 Å². The van der Waals surface area contributed by atoms with E-state index in [1.54, 1.807) is 0 Å². The van der Waals surface area contributed by atoms with Gasteiger partial charge in [-0.3, -0.25) is 0 Å². The van der Waals surface area contributed by atoms with Crippen molar-refractivity contribution in [3.63, 3.8) is 0 Å². The number of ether oxygens (including phenoxy) is 1. The SMILES string of the molecule is Oc1ccc(O)n1OCCCOc1ccc(C(F)(F)F)cn1. The molecule has 0 aliphatic carbocycles. The molecule has 0 amide bonds. The summed E-state index contributed by atoms with van der Waals surface area (Å²) in [5, 5.41) is 18.6. The number of hydrogen-bond acceptors (Lipinski definition) is 5. The standard InChI is InChI=1S/C13H13F3N2O4/c14-13(15,16)9-2-3-10(17-8-9)21-6-1-7-22-18-11(19)4-5-12(18)20/h2-5,8,19-20H,1,6-7H2. The van der Waals surface area contributed by atoms with Gasteiger partial charge in [0, 0.05) is 30.8 Å². The third-order valence-electron chi connectivity index (χ3n) is 2.62. The number of halogens is 3. The Hall–Kier alpha value is -2.58. The van der Waals surface area contributed by atoms with Crippen LogP contribution in [-0.2, 0) is 6.18 Å². The Balaban J connectivity index is 1.73. The highest BCUT2D eigenvalue weighted by atomic mass is 19.4. The van der Waals surface area contributed by atoms with Gasteiger partial charge >= 0.3 is 6.18 Å². The summed E-state index contributed by atoms with van der Waals surface area (Å²) in [7, 11) is 0. The first-order chi connectivity index (χ1) is 10.4. The van der Waals surface area contributed by atoms with Gasteiger partial charge in [-0.05, 0) is 6.07 Å². The lowest BCUT2D eigenvalue weighted by molar-refractivity contribution is -0.137. The Morgan fingerprint density at radius 3 is 2.27 bits per heavy atom. The van der Waals surface area contributed by atoms with Crippen LogP contribution in [0.2, 0.25) is 0 Å². The Bertz CT molecular complexity index is 591. The van der Waals surface area contributed by atoms with Crippen LogP contribution in [0.15, 0.2) is 30.5 Å². The average Bonchev–Trinajstić information content (AvgIpc) is 2.78. The van der Waals surface area contributed by atoms with E-state index in [9.17, 15) is 23.4 Å². The average molecular weight is 318 g/mol. The van der Waals surface area contributed by atoms with Crippen LogP contribution in [0.3, 0.4) is 0 Å². The van der Waals surface area contributed by atoms with Gasteiger partial charge in [-0.15, -0.1) is 4.73 Å². The maximum absolute atomic E-state index is 12.3. The van der Waals surface area contributed by atoms with Gasteiger partial charge in [-0.25, -0.2) is 4.98 Å². The molecular weight excluding hydrogens is 305 g/mol. The Morgan fingerprint density at radius 1 is 1.05 bits per heavy atom. The Labute approximate surface area is 123 Å². The van der Waals surface area contributed by atoms with E-state index in [-0.39, 0.29) is 30.9 Å². The van der Waals surface area contributed by atoms with Gasteiger partial charge in [0.25, 0.3) is 0 Å². The lowest BCUT2D eigenvalue weighted by atomic mass is 10.3. The van der Waals surface area contributed by atoms with Crippen molar-refractivity contribution in [3.05, 3.63) is 36.0 Å². The van der Waals surface area contributed by atoms with E-state index in [0.717, 1.165) is 16.9 Å². The molecule has 0 unspecified atom stereocenters. The van der Waals surface area contributed by atoms with Crippen molar-refractivity contribution >= 4 is 0 Å². The molecule has 2 N–H and O–H groups in total. The van der Waals surface area contributed by atoms with Crippen LogP contribution in [0.5, 0.6) is 17.6 Å². The lowest BCUT2D eigenvalue weighted by Crippen LogP contribution is -2.14. The summed E-state index contributed by atoms with van der Waals surface area (Å²) < 4.78 is 43.0. The third-order valence-corrected chi connectivity index (χ3v) is 2.62. The van der Waals surface area contributed by atoms with Gasteiger partial charge < -0.3 is 19.8 Å². The van der Waals surface area contributed by atoms with E-state index in [4.69, 9.17) is 9.57 Å². The van der Waals surface area contributed by atoms with Crippen LogP contribution in [0.25, 0.3) is 0 Å². The molecule has 22 heavy (non-hydrogen) atoms. The number of pyridine rings is 1. The summed E-state index contributed by atoms with van der Waals surface area (Å²) in [6.07, 6.45) is -3.36. The maximum atomic E-state index is 12.3. The second kappa shape index (κ2) is 6.46. The predicted molar refractivity (Wildman–Crippen MR) is 68.6 cm³/mol. The second-order valence-corrected chi connectivity index (χ2v) is 4.26. The molecule has 0 aromatic carbocycles. The minimum Gasteiger partial charge on any atom is -0.492 e. The van der Waals surface area contributed by atoms with Gasteiger partial charge in [0.15, 0.2) is 0 Å². The molecule has 0 spiro atoms. The molecule has 9 heteroatoms.